The van der Waals surface area contributed by atoms with Crippen LogP contribution in [0, 0.1) is 0 Å². The maximum absolute atomic E-state index is 5.64. The van der Waals surface area contributed by atoms with Crippen molar-refractivity contribution in [2.45, 2.75) is 6.42 Å². The van der Waals surface area contributed by atoms with Crippen LogP contribution >= 0.6 is 0 Å². The molecule has 4 heteroatoms. The zero-order valence-electron chi connectivity index (χ0n) is 6.87. The third kappa shape index (κ3) is 1.94. The Hall–Kier alpha value is -1.03. The molecule has 1 rings (SSSR count). The number of nitrogens with two attached hydrogens (primary N) is 1. The number of nitrogens with zero attached hydrogens (tertiary/aromatic N) is 2. The van der Waals surface area contributed by atoms with Crippen LogP contribution in [0.4, 0.5) is 5.69 Å². The van der Waals surface area contributed by atoms with Gasteiger partial charge in [-0.1, -0.05) is 0 Å². The molecule has 0 saturated carbocycles. The number of rotatable bonds is 3. The van der Waals surface area contributed by atoms with Crippen molar-refractivity contribution in [3.05, 3.63) is 11.9 Å². The Labute approximate surface area is 66.0 Å². The minimum absolute atomic E-state index is 0.668. The molecule has 1 aromatic heterocycles. The summed E-state index contributed by atoms with van der Waals surface area (Å²) >= 11 is 0. The number of aromatic nitrogens is 2. The fourth-order valence-corrected chi connectivity index (χ4v) is 0.946. The van der Waals surface area contributed by atoms with E-state index in [4.69, 9.17) is 10.5 Å². The smallest absolute Gasteiger partial charge is 0.0876 e. The fourth-order valence-electron chi connectivity index (χ4n) is 0.946. The molecular formula is C7H13N3O. The number of nitrogen functional groups attached to an aromatic ring is 1. The topological polar surface area (TPSA) is 53.1 Å². The van der Waals surface area contributed by atoms with Crippen LogP contribution in [0.25, 0.3) is 0 Å². The van der Waals surface area contributed by atoms with Crippen molar-refractivity contribution < 1.29 is 4.74 Å². The molecule has 0 aromatic carbocycles. The highest BCUT2D eigenvalue weighted by Crippen LogP contribution is 2.07. The normalized spacial score (nSPS) is 10.4. The van der Waals surface area contributed by atoms with E-state index in [1.165, 1.54) is 0 Å². The minimum atomic E-state index is 0.668. The van der Waals surface area contributed by atoms with Crippen molar-refractivity contribution >= 4 is 5.69 Å². The van der Waals surface area contributed by atoms with E-state index in [1.54, 1.807) is 18.0 Å². The number of aryl methyl sites for hydroxylation is 1. The lowest BCUT2D eigenvalue weighted by molar-refractivity contribution is 0.201. The monoisotopic (exact) mass is 155 g/mol. The Balaban J connectivity index is 2.62. The molecular weight excluding hydrogens is 142 g/mol. The lowest BCUT2D eigenvalue weighted by atomic mass is 10.3. The van der Waals surface area contributed by atoms with Gasteiger partial charge >= 0.3 is 0 Å². The molecule has 11 heavy (non-hydrogen) atoms. The van der Waals surface area contributed by atoms with Crippen molar-refractivity contribution in [1.29, 1.82) is 0 Å². The average Bonchev–Trinajstić information content (AvgIpc) is 2.26. The minimum Gasteiger partial charge on any atom is -0.396 e. The van der Waals surface area contributed by atoms with Gasteiger partial charge in [0.2, 0.25) is 0 Å². The van der Waals surface area contributed by atoms with Gasteiger partial charge in [-0.2, -0.15) is 5.10 Å². The average molecular weight is 155 g/mol. The van der Waals surface area contributed by atoms with Crippen molar-refractivity contribution in [1.82, 2.24) is 9.78 Å². The predicted octanol–water partition coefficient (Wildman–Crippen LogP) is 0.191. The van der Waals surface area contributed by atoms with E-state index in [-0.39, 0.29) is 0 Å². The summed E-state index contributed by atoms with van der Waals surface area (Å²) in [6, 6.07) is 0. The van der Waals surface area contributed by atoms with Gasteiger partial charge in [-0.3, -0.25) is 4.68 Å². The largest absolute Gasteiger partial charge is 0.396 e. The third-order valence-electron chi connectivity index (χ3n) is 1.48. The van der Waals surface area contributed by atoms with E-state index in [9.17, 15) is 0 Å². The summed E-state index contributed by atoms with van der Waals surface area (Å²) < 4.78 is 6.61. The van der Waals surface area contributed by atoms with Crippen LogP contribution in [-0.2, 0) is 18.2 Å². The molecule has 0 bridgehead atoms. The Morgan fingerprint density at radius 2 is 2.45 bits per heavy atom. The number of hydrogen-bond donors (Lipinski definition) is 1. The summed E-state index contributed by atoms with van der Waals surface area (Å²) in [5.41, 5.74) is 7.30. The second-order valence-corrected chi connectivity index (χ2v) is 2.45. The molecule has 0 aliphatic carbocycles. The van der Waals surface area contributed by atoms with Gasteiger partial charge in [0.05, 0.1) is 18.0 Å². The summed E-state index contributed by atoms with van der Waals surface area (Å²) in [6.45, 7) is 0.668. The van der Waals surface area contributed by atoms with Crippen LogP contribution in [0.1, 0.15) is 5.69 Å². The Morgan fingerprint density at radius 3 is 2.91 bits per heavy atom. The van der Waals surface area contributed by atoms with Gasteiger partial charge < -0.3 is 10.5 Å². The van der Waals surface area contributed by atoms with Crippen LogP contribution < -0.4 is 5.73 Å². The number of anilines is 1. The number of methoxy groups -OCH3 is 1. The standard InChI is InChI=1S/C7H13N3O/c1-10-5-6(8)7(9-10)3-4-11-2/h5H,3-4,8H2,1-2H3. The maximum Gasteiger partial charge on any atom is 0.0876 e. The molecule has 0 fully saturated rings. The van der Waals surface area contributed by atoms with Crippen molar-refractivity contribution in [3.8, 4) is 0 Å². The molecule has 0 saturated heterocycles. The van der Waals surface area contributed by atoms with Crippen LogP contribution in [0.15, 0.2) is 6.20 Å². The number of hydrogen-bond acceptors (Lipinski definition) is 3. The van der Waals surface area contributed by atoms with Crippen LogP contribution in [-0.4, -0.2) is 23.5 Å². The molecule has 2 N–H and O–H groups in total. The third-order valence-corrected chi connectivity index (χ3v) is 1.48. The number of ether oxygens (including phenoxy) is 1. The molecule has 0 unspecified atom stereocenters. The first-order chi connectivity index (χ1) is 5.24. The predicted molar refractivity (Wildman–Crippen MR) is 43.2 cm³/mol. The summed E-state index contributed by atoms with van der Waals surface area (Å²) in [4.78, 5) is 0. The molecule has 0 atom stereocenters. The van der Waals surface area contributed by atoms with Crippen LogP contribution in [0.5, 0.6) is 0 Å². The van der Waals surface area contributed by atoms with Gasteiger partial charge in [-0.25, -0.2) is 0 Å². The van der Waals surface area contributed by atoms with E-state index < -0.39 is 0 Å². The van der Waals surface area contributed by atoms with E-state index >= 15 is 0 Å². The second-order valence-electron chi connectivity index (χ2n) is 2.45. The fraction of sp³-hybridized carbons (Fsp3) is 0.571. The van der Waals surface area contributed by atoms with Crippen LogP contribution in [0.3, 0.4) is 0 Å². The van der Waals surface area contributed by atoms with Gasteiger partial charge in [0, 0.05) is 26.8 Å². The molecule has 62 valence electrons. The first-order valence-electron chi connectivity index (χ1n) is 3.51. The Kier molecular flexibility index (Phi) is 2.48. The molecule has 0 amide bonds. The van der Waals surface area contributed by atoms with Crippen molar-refractivity contribution in [2.75, 3.05) is 19.5 Å². The van der Waals surface area contributed by atoms with E-state index in [0.717, 1.165) is 17.8 Å². The molecule has 1 aromatic rings. The molecule has 0 aliphatic heterocycles. The summed E-state index contributed by atoms with van der Waals surface area (Å²) in [5.74, 6) is 0. The van der Waals surface area contributed by atoms with Gasteiger partial charge in [0.1, 0.15) is 0 Å². The summed E-state index contributed by atoms with van der Waals surface area (Å²) in [5, 5.41) is 4.16. The SMILES string of the molecule is COCCc1nn(C)cc1N. The first-order valence-corrected chi connectivity index (χ1v) is 3.51. The Bertz CT molecular complexity index is 232. The summed E-state index contributed by atoms with van der Waals surface area (Å²) in [7, 11) is 3.52. The molecule has 0 radical (unpaired) electrons. The molecule has 0 aliphatic rings. The highest BCUT2D eigenvalue weighted by molar-refractivity contribution is 5.40. The lowest BCUT2D eigenvalue weighted by Gasteiger charge is -1.95. The van der Waals surface area contributed by atoms with E-state index in [0.29, 0.717) is 6.61 Å². The zero-order chi connectivity index (χ0) is 8.27. The van der Waals surface area contributed by atoms with Gasteiger partial charge in [-0.05, 0) is 0 Å². The first kappa shape index (κ1) is 8.07. The highest BCUT2D eigenvalue weighted by atomic mass is 16.5. The highest BCUT2D eigenvalue weighted by Gasteiger charge is 2.02. The quantitative estimate of drug-likeness (QED) is 0.678. The van der Waals surface area contributed by atoms with Gasteiger partial charge in [0.15, 0.2) is 0 Å². The van der Waals surface area contributed by atoms with Crippen molar-refractivity contribution in [2.24, 2.45) is 7.05 Å². The van der Waals surface area contributed by atoms with E-state index in [1.807, 2.05) is 7.05 Å². The molecule has 0 spiro atoms. The summed E-state index contributed by atoms with van der Waals surface area (Å²) in [6.07, 6.45) is 2.58. The van der Waals surface area contributed by atoms with E-state index in [2.05, 4.69) is 5.10 Å². The lowest BCUT2D eigenvalue weighted by Crippen LogP contribution is -1.99. The maximum atomic E-state index is 5.64. The second kappa shape index (κ2) is 3.39. The molecule has 1 heterocycles. The zero-order valence-corrected chi connectivity index (χ0v) is 6.87. The van der Waals surface area contributed by atoms with Gasteiger partial charge in [-0.15, -0.1) is 0 Å². The molecule has 4 nitrogen and oxygen atoms in total. The Morgan fingerprint density at radius 1 is 1.73 bits per heavy atom. The van der Waals surface area contributed by atoms with Crippen molar-refractivity contribution in [3.63, 3.8) is 0 Å². The van der Waals surface area contributed by atoms with Gasteiger partial charge in [0.25, 0.3) is 0 Å². The van der Waals surface area contributed by atoms with Crippen LogP contribution in [0.2, 0.25) is 0 Å².